The van der Waals surface area contributed by atoms with E-state index >= 15 is 0 Å². The van der Waals surface area contributed by atoms with E-state index in [2.05, 4.69) is 16.4 Å². The van der Waals surface area contributed by atoms with Gasteiger partial charge >= 0.3 is 0 Å². The molecule has 6 nitrogen and oxygen atoms in total. The summed E-state index contributed by atoms with van der Waals surface area (Å²) >= 11 is 0. The van der Waals surface area contributed by atoms with Crippen LogP contribution in [0.25, 0.3) is 10.9 Å². The van der Waals surface area contributed by atoms with Crippen molar-refractivity contribution in [3.8, 4) is 0 Å². The van der Waals surface area contributed by atoms with Gasteiger partial charge in [-0.05, 0) is 30.2 Å². The lowest BCUT2D eigenvalue weighted by atomic mass is 9.77. The SMILES string of the molecule is O=C(Nc1ccccc1F)[C@@H]1[C@@H]2C=C[C@]3(CN(CCc4c[nH]c5ccccc45)C(=O)[C@H]13)O2. The van der Waals surface area contributed by atoms with E-state index < -0.39 is 29.4 Å². The molecule has 3 aliphatic heterocycles. The van der Waals surface area contributed by atoms with Gasteiger partial charge in [0.1, 0.15) is 11.4 Å². The zero-order valence-corrected chi connectivity index (χ0v) is 17.3. The molecule has 3 aromatic rings. The van der Waals surface area contributed by atoms with Crippen molar-refractivity contribution in [2.24, 2.45) is 11.8 Å². The van der Waals surface area contributed by atoms with Gasteiger partial charge in [0.2, 0.25) is 11.8 Å². The van der Waals surface area contributed by atoms with Gasteiger partial charge in [-0.2, -0.15) is 0 Å². The van der Waals surface area contributed by atoms with E-state index in [-0.39, 0.29) is 17.5 Å². The molecular formula is C25H22FN3O3. The fourth-order valence-corrected chi connectivity index (χ4v) is 5.44. The number of nitrogens with zero attached hydrogens (tertiary/aromatic N) is 1. The van der Waals surface area contributed by atoms with Gasteiger partial charge < -0.3 is 19.9 Å². The number of carbonyl (C=O) groups is 2. The molecule has 2 fully saturated rings. The normalized spacial score (nSPS) is 28.0. The lowest BCUT2D eigenvalue weighted by Gasteiger charge is -2.23. The third-order valence-corrected chi connectivity index (χ3v) is 6.94. The Labute approximate surface area is 184 Å². The van der Waals surface area contributed by atoms with E-state index in [4.69, 9.17) is 4.74 Å². The van der Waals surface area contributed by atoms with Crippen LogP contribution in [0.3, 0.4) is 0 Å². The van der Waals surface area contributed by atoms with Gasteiger partial charge in [-0.3, -0.25) is 9.59 Å². The minimum Gasteiger partial charge on any atom is -0.361 e. The minimum absolute atomic E-state index is 0.0784. The van der Waals surface area contributed by atoms with Crippen molar-refractivity contribution >= 4 is 28.4 Å². The van der Waals surface area contributed by atoms with Crippen LogP contribution in [-0.2, 0) is 20.7 Å². The minimum atomic E-state index is -0.779. The second-order valence-corrected chi connectivity index (χ2v) is 8.74. The van der Waals surface area contributed by atoms with Crippen molar-refractivity contribution in [1.29, 1.82) is 0 Å². The average molecular weight is 431 g/mol. The van der Waals surface area contributed by atoms with Gasteiger partial charge in [-0.15, -0.1) is 0 Å². The van der Waals surface area contributed by atoms with Gasteiger partial charge in [0.25, 0.3) is 0 Å². The predicted octanol–water partition coefficient (Wildman–Crippen LogP) is 3.27. The van der Waals surface area contributed by atoms with E-state index in [9.17, 15) is 14.0 Å². The Balaban J connectivity index is 1.21. The zero-order valence-electron chi connectivity index (χ0n) is 17.3. The van der Waals surface area contributed by atoms with Gasteiger partial charge in [-0.25, -0.2) is 4.39 Å². The fraction of sp³-hybridized carbons (Fsp3) is 0.280. The third kappa shape index (κ3) is 2.81. The molecular weight excluding hydrogens is 409 g/mol. The summed E-state index contributed by atoms with van der Waals surface area (Å²) in [6.45, 7) is 0.970. The van der Waals surface area contributed by atoms with Crippen LogP contribution < -0.4 is 5.32 Å². The highest BCUT2D eigenvalue weighted by Crippen LogP contribution is 2.52. The number of benzene rings is 2. The molecule has 0 aliphatic carbocycles. The number of hydrogen-bond acceptors (Lipinski definition) is 3. The number of carbonyl (C=O) groups excluding carboxylic acids is 2. The molecule has 2 N–H and O–H groups in total. The quantitative estimate of drug-likeness (QED) is 0.609. The average Bonchev–Trinajstić information content (AvgIpc) is 3.54. The molecule has 3 aliphatic rings. The van der Waals surface area contributed by atoms with E-state index in [0.29, 0.717) is 19.5 Å². The molecule has 4 heterocycles. The highest BCUT2D eigenvalue weighted by molar-refractivity contribution is 5.99. The summed E-state index contributed by atoms with van der Waals surface area (Å²) in [5, 5.41) is 3.80. The van der Waals surface area contributed by atoms with E-state index in [1.54, 1.807) is 17.0 Å². The molecule has 7 heteroatoms. The first kappa shape index (κ1) is 19.3. The molecule has 2 bridgehead atoms. The Morgan fingerprint density at radius 2 is 2.03 bits per heavy atom. The van der Waals surface area contributed by atoms with E-state index in [1.807, 2.05) is 36.5 Å². The summed E-state index contributed by atoms with van der Waals surface area (Å²) in [7, 11) is 0. The first-order chi connectivity index (χ1) is 15.6. The highest BCUT2D eigenvalue weighted by atomic mass is 19.1. The van der Waals surface area contributed by atoms with Crippen LogP contribution in [0.15, 0.2) is 66.9 Å². The van der Waals surface area contributed by atoms with Crippen LogP contribution in [0.1, 0.15) is 5.56 Å². The Kier molecular flexibility index (Phi) is 4.23. The fourth-order valence-electron chi connectivity index (χ4n) is 5.44. The van der Waals surface area contributed by atoms with Crippen LogP contribution >= 0.6 is 0 Å². The predicted molar refractivity (Wildman–Crippen MR) is 117 cm³/mol. The maximum absolute atomic E-state index is 14.0. The number of H-pyrrole nitrogens is 1. The monoisotopic (exact) mass is 431 g/mol. The maximum Gasteiger partial charge on any atom is 0.231 e. The van der Waals surface area contributed by atoms with Crippen LogP contribution in [0.5, 0.6) is 0 Å². The van der Waals surface area contributed by atoms with Crippen molar-refractivity contribution in [2.45, 2.75) is 18.1 Å². The summed E-state index contributed by atoms with van der Waals surface area (Å²) in [6, 6.07) is 14.1. The molecule has 0 radical (unpaired) electrons. The number of aromatic amines is 1. The molecule has 2 saturated heterocycles. The van der Waals surface area contributed by atoms with Gasteiger partial charge in [0.05, 0.1) is 30.2 Å². The number of anilines is 1. The summed E-state index contributed by atoms with van der Waals surface area (Å²) in [5.74, 6) is -2.24. The van der Waals surface area contributed by atoms with Crippen LogP contribution in [0.2, 0.25) is 0 Å². The second-order valence-electron chi connectivity index (χ2n) is 8.74. The van der Waals surface area contributed by atoms with Crippen molar-refractivity contribution in [3.63, 3.8) is 0 Å². The topological polar surface area (TPSA) is 74.4 Å². The molecule has 6 rings (SSSR count). The van der Waals surface area contributed by atoms with Gasteiger partial charge in [0.15, 0.2) is 0 Å². The standard InChI is InChI=1S/C25H22FN3O3/c26-17-6-2-4-8-19(17)28-23(30)21-20-9-11-25(32-20)14-29(24(31)22(21)25)12-10-15-13-27-18-7-3-1-5-16(15)18/h1-9,11,13,20-22,27H,10,12,14H2,(H,28,30)/t20-,21+,22-,25+/m0/s1. The van der Waals surface area contributed by atoms with E-state index in [1.165, 1.54) is 12.1 Å². The summed E-state index contributed by atoms with van der Waals surface area (Å²) in [4.78, 5) is 31.5. The van der Waals surface area contributed by atoms with Crippen molar-refractivity contribution in [2.75, 3.05) is 18.4 Å². The number of ether oxygens (including phenoxy) is 1. The van der Waals surface area contributed by atoms with Gasteiger partial charge in [-0.1, -0.05) is 42.5 Å². The van der Waals surface area contributed by atoms with Gasteiger partial charge in [0, 0.05) is 23.6 Å². The van der Waals surface area contributed by atoms with Crippen molar-refractivity contribution < 1.29 is 18.7 Å². The smallest absolute Gasteiger partial charge is 0.231 e. The van der Waals surface area contributed by atoms with Crippen LogP contribution in [-0.4, -0.2) is 46.5 Å². The number of halogens is 1. The number of nitrogens with one attached hydrogen (secondary N) is 2. The van der Waals surface area contributed by atoms with Crippen LogP contribution in [0.4, 0.5) is 10.1 Å². The Bertz CT molecular complexity index is 1270. The molecule has 0 saturated carbocycles. The molecule has 32 heavy (non-hydrogen) atoms. The Hall–Kier alpha value is -3.45. The zero-order chi connectivity index (χ0) is 21.9. The number of hydrogen-bond donors (Lipinski definition) is 2. The van der Waals surface area contributed by atoms with Crippen molar-refractivity contribution in [3.05, 3.63) is 78.3 Å². The molecule has 2 aromatic carbocycles. The second kappa shape index (κ2) is 7.03. The number of likely N-dealkylation sites (tertiary alicyclic amines) is 1. The summed E-state index contributed by atoms with van der Waals surface area (Å²) in [5.41, 5.74) is 1.55. The molecule has 1 aromatic heterocycles. The number of aromatic nitrogens is 1. The molecule has 4 atom stereocenters. The lowest BCUT2D eigenvalue weighted by molar-refractivity contribution is -0.135. The molecule has 2 amide bonds. The molecule has 0 unspecified atom stereocenters. The number of rotatable bonds is 5. The highest BCUT2D eigenvalue weighted by Gasteiger charge is 2.66. The Morgan fingerprint density at radius 3 is 2.91 bits per heavy atom. The lowest BCUT2D eigenvalue weighted by Crippen LogP contribution is -2.41. The van der Waals surface area contributed by atoms with Crippen molar-refractivity contribution in [1.82, 2.24) is 9.88 Å². The number of amides is 2. The number of para-hydroxylation sites is 2. The Morgan fingerprint density at radius 1 is 1.22 bits per heavy atom. The summed E-state index contributed by atoms with van der Waals surface area (Å²) < 4.78 is 20.2. The van der Waals surface area contributed by atoms with E-state index in [0.717, 1.165) is 16.5 Å². The van der Waals surface area contributed by atoms with Crippen LogP contribution in [0, 0.1) is 17.7 Å². The first-order valence-corrected chi connectivity index (χ1v) is 10.8. The maximum atomic E-state index is 14.0. The molecule has 162 valence electrons. The number of fused-ring (bicyclic) bond motifs is 2. The largest absolute Gasteiger partial charge is 0.361 e. The first-order valence-electron chi connectivity index (χ1n) is 10.8. The third-order valence-electron chi connectivity index (χ3n) is 6.94. The molecule has 1 spiro atoms. The summed E-state index contributed by atoms with van der Waals surface area (Å²) in [6.07, 6.45) is 6.01.